The van der Waals surface area contributed by atoms with Crippen LogP contribution in [0.4, 0.5) is 0 Å². The van der Waals surface area contributed by atoms with E-state index in [1.54, 1.807) is 12.1 Å². The third kappa shape index (κ3) is 4.91. The molecule has 1 heterocycles. The number of nitrogens with zero attached hydrogens (tertiary/aromatic N) is 3. The van der Waals surface area contributed by atoms with Crippen LogP contribution in [0, 0.1) is 5.92 Å². The molecule has 3 aromatic rings. The number of rotatable bonds is 7. The summed E-state index contributed by atoms with van der Waals surface area (Å²) >= 11 is 12.7. The molecule has 1 fully saturated rings. The Morgan fingerprint density at radius 3 is 2.61 bits per heavy atom. The van der Waals surface area contributed by atoms with Gasteiger partial charge >= 0.3 is 0 Å². The summed E-state index contributed by atoms with van der Waals surface area (Å²) in [4.78, 5) is 20.3. The third-order valence-corrected chi connectivity index (χ3v) is 6.68. The molecule has 0 aliphatic heterocycles. The number of carbonyl (C=O) groups excluding carboxylic acids is 1. The predicted octanol–water partition coefficient (Wildman–Crippen LogP) is 7.15. The van der Waals surface area contributed by atoms with E-state index in [2.05, 4.69) is 18.4 Å². The van der Waals surface area contributed by atoms with Crippen molar-refractivity contribution in [2.75, 3.05) is 6.54 Å². The number of hydrogen-bond acceptors (Lipinski definition) is 2. The molecule has 0 unspecified atom stereocenters. The van der Waals surface area contributed by atoms with E-state index in [4.69, 9.17) is 28.2 Å². The van der Waals surface area contributed by atoms with Crippen LogP contribution in [0.3, 0.4) is 0 Å². The zero-order valence-electron chi connectivity index (χ0n) is 18.2. The highest BCUT2D eigenvalue weighted by Crippen LogP contribution is 2.35. The summed E-state index contributed by atoms with van der Waals surface area (Å²) in [5, 5.41) is 1.19. The minimum absolute atomic E-state index is 0.0469. The van der Waals surface area contributed by atoms with Crippen LogP contribution in [0.5, 0.6) is 0 Å². The van der Waals surface area contributed by atoms with Crippen molar-refractivity contribution in [3.05, 3.63) is 63.9 Å². The Morgan fingerprint density at radius 2 is 1.90 bits per heavy atom. The van der Waals surface area contributed by atoms with Crippen LogP contribution < -0.4 is 0 Å². The van der Waals surface area contributed by atoms with Gasteiger partial charge < -0.3 is 9.47 Å². The fourth-order valence-electron chi connectivity index (χ4n) is 4.44. The molecule has 0 saturated heterocycles. The van der Waals surface area contributed by atoms with Gasteiger partial charge in [-0.15, -0.1) is 0 Å². The summed E-state index contributed by atoms with van der Waals surface area (Å²) in [7, 11) is 0. The van der Waals surface area contributed by atoms with Gasteiger partial charge in [-0.1, -0.05) is 62.0 Å². The molecular weight excluding hydrogens is 429 g/mol. The lowest BCUT2D eigenvalue weighted by molar-refractivity contribution is 0.0728. The van der Waals surface area contributed by atoms with Gasteiger partial charge in [0.15, 0.2) is 0 Å². The molecule has 0 spiro atoms. The van der Waals surface area contributed by atoms with Gasteiger partial charge in [-0.05, 0) is 55.5 Å². The van der Waals surface area contributed by atoms with E-state index >= 15 is 0 Å². The molecule has 0 atom stereocenters. The summed E-state index contributed by atoms with van der Waals surface area (Å²) in [5.41, 5.74) is 2.53. The number of hydrogen-bond donors (Lipinski definition) is 0. The topological polar surface area (TPSA) is 38.1 Å². The van der Waals surface area contributed by atoms with Crippen LogP contribution in [-0.2, 0) is 6.54 Å². The van der Waals surface area contributed by atoms with E-state index < -0.39 is 0 Å². The number of benzene rings is 2. The average molecular weight is 458 g/mol. The highest BCUT2D eigenvalue weighted by Gasteiger charge is 2.26. The number of imidazole rings is 1. The first-order valence-corrected chi connectivity index (χ1v) is 11.9. The number of halogens is 2. The van der Waals surface area contributed by atoms with Gasteiger partial charge in [0.2, 0.25) is 0 Å². The average Bonchev–Trinajstić information content (AvgIpc) is 3.38. The van der Waals surface area contributed by atoms with Gasteiger partial charge in [-0.3, -0.25) is 4.79 Å². The Morgan fingerprint density at radius 1 is 1.16 bits per heavy atom. The van der Waals surface area contributed by atoms with Crippen molar-refractivity contribution in [2.45, 2.75) is 58.5 Å². The number of fused-ring (bicyclic) bond motifs is 1. The summed E-state index contributed by atoms with van der Waals surface area (Å²) < 4.78 is 2.33. The molecule has 6 heteroatoms. The fraction of sp³-hybridized carbons (Fsp3) is 0.440. The summed E-state index contributed by atoms with van der Waals surface area (Å²) in [5.74, 6) is 1.37. The summed E-state index contributed by atoms with van der Waals surface area (Å²) in [6.07, 6.45) is 5.64. The number of amides is 1. The largest absolute Gasteiger partial charge is 0.331 e. The molecule has 4 nitrogen and oxygen atoms in total. The Balaban J connectivity index is 1.73. The second kappa shape index (κ2) is 9.62. The van der Waals surface area contributed by atoms with Gasteiger partial charge in [0.25, 0.3) is 5.91 Å². The van der Waals surface area contributed by atoms with Crippen molar-refractivity contribution >= 4 is 40.1 Å². The molecular formula is C25H29Cl2N3O. The molecule has 164 valence electrons. The van der Waals surface area contributed by atoms with E-state index in [-0.39, 0.29) is 5.91 Å². The van der Waals surface area contributed by atoms with Crippen molar-refractivity contribution in [3.8, 4) is 0 Å². The molecule has 0 bridgehead atoms. The zero-order valence-corrected chi connectivity index (χ0v) is 19.7. The SMILES string of the molecule is CC(C)CCN(Cc1nc2ccc(Cl)cc2n1C1CCCC1)C(=O)c1ccccc1Cl. The minimum Gasteiger partial charge on any atom is -0.331 e. The number of carbonyl (C=O) groups is 1. The second-order valence-electron chi connectivity index (χ2n) is 8.86. The highest BCUT2D eigenvalue weighted by atomic mass is 35.5. The van der Waals surface area contributed by atoms with Crippen LogP contribution >= 0.6 is 23.2 Å². The van der Waals surface area contributed by atoms with Crippen molar-refractivity contribution < 1.29 is 4.79 Å². The fourth-order valence-corrected chi connectivity index (χ4v) is 4.82. The standard InChI is InChI=1S/C25H29Cl2N3O/c1-17(2)13-14-29(25(31)20-9-5-6-10-21(20)27)16-24-28-22-12-11-18(26)15-23(22)30(24)19-7-3-4-8-19/h5-6,9-12,15,17,19H,3-4,7-8,13-14,16H2,1-2H3. The van der Waals surface area contributed by atoms with E-state index in [0.29, 0.717) is 40.7 Å². The highest BCUT2D eigenvalue weighted by molar-refractivity contribution is 6.33. The molecule has 1 aliphatic rings. The minimum atomic E-state index is -0.0469. The van der Waals surface area contributed by atoms with Crippen LogP contribution in [-0.4, -0.2) is 26.9 Å². The maximum atomic E-state index is 13.5. The lowest BCUT2D eigenvalue weighted by Gasteiger charge is -2.25. The van der Waals surface area contributed by atoms with Gasteiger partial charge in [-0.2, -0.15) is 0 Å². The van der Waals surface area contributed by atoms with Gasteiger partial charge in [0.05, 0.1) is 28.2 Å². The van der Waals surface area contributed by atoms with E-state index in [1.807, 2.05) is 35.2 Å². The van der Waals surface area contributed by atoms with Crippen molar-refractivity contribution in [2.24, 2.45) is 5.92 Å². The maximum absolute atomic E-state index is 13.5. The predicted molar refractivity (Wildman–Crippen MR) is 128 cm³/mol. The van der Waals surface area contributed by atoms with Gasteiger partial charge in [0, 0.05) is 17.6 Å². The van der Waals surface area contributed by atoms with Gasteiger partial charge in [0.1, 0.15) is 5.82 Å². The molecule has 0 radical (unpaired) electrons. The van der Waals surface area contributed by atoms with Crippen LogP contribution in [0.2, 0.25) is 10.0 Å². The van der Waals surface area contributed by atoms with Crippen molar-refractivity contribution in [1.82, 2.24) is 14.5 Å². The van der Waals surface area contributed by atoms with Crippen LogP contribution in [0.15, 0.2) is 42.5 Å². The summed E-state index contributed by atoms with van der Waals surface area (Å²) in [6, 6.07) is 13.5. The molecule has 1 aliphatic carbocycles. The lowest BCUT2D eigenvalue weighted by atomic mass is 10.1. The Labute approximate surface area is 194 Å². The molecule has 4 rings (SSSR count). The second-order valence-corrected chi connectivity index (χ2v) is 9.70. The van der Waals surface area contributed by atoms with E-state index in [1.165, 1.54) is 12.8 Å². The Hall–Kier alpha value is -2.04. The van der Waals surface area contributed by atoms with Crippen LogP contribution in [0.1, 0.15) is 68.2 Å². The number of aromatic nitrogens is 2. The quantitative estimate of drug-likeness (QED) is 0.377. The van der Waals surface area contributed by atoms with Crippen molar-refractivity contribution in [1.29, 1.82) is 0 Å². The molecule has 1 aromatic heterocycles. The van der Waals surface area contributed by atoms with Crippen molar-refractivity contribution in [3.63, 3.8) is 0 Å². The smallest absolute Gasteiger partial charge is 0.255 e. The summed E-state index contributed by atoms with van der Waals surface area (Å²) in [6.45, 7) is 5.47. The molecule has 0 N–H and O–H groups in total. The Kier molecular flexibility index (Phi) is 6.88. The molecule has 1 amide bonds. The molecule has 2 aromatic carbocycles. The monoisotopic (exact) mass is 457 g/mol. The third-order valence-electron chi connectivity index (χ3n) is 6.11. The first kappa shape index (κ1) is 22.2. The normalized spacial score (nSPS) is 14.6. The Bertz CT molecular complexity index is 1070. The molecule has 31 heavy (non-hydrogen) atoms. The first-order chi connectivity index (χ1) is 14.9. The van der Waals surface area contributed by atoms with E-state index in [0.717, 1.165) is 36.1 Å². The molecule has 1 saturated carbocycles. The maximum Gasteiger partial charge on any atom is 0.255 e. The first-order valence-electron chi connectivity index (χ1n) is 11.1. The van der Waals surface area contributed by atoms with E-state index in [9.17, 15) is 4.79 Å². The lowest BCUT2D eigenvalue weighted by Crippen LogP contribution is -2.33. The van der Waals surface area contributed by atoms with Crippen LogP contribution in [0.25, 0.3) is 11.0 Å². The zero-order chi connectivity index (χ0) is 22.0. The van der Waals surface area contributed by atoms with Gasteiger partial charge in [-0.25, -0.2) is 4.98 Å².